The van der Waals surface area contributed by atoms with Gasteiger partial charge in [-0.15, -0.1) is 0 Å². The van der Waals surface area contributed by atoms with E-state index < -0.39 is 0 Å². The molecule has 2 N–H and O–H groups in total. The number of methoxy groups -OCH3 is 1. The van der Waals surface area contributed by atoms with Crippen LogP contribution in [0.15, 0.2) is 18.2 Å². The summed E-state index contributed by atoms with van der Waals surface area (Å²) in [6, 6.07) is 6.61. The SMILES string of the molecule is COc1ccc(C(C)CCN)cc1CN1CCCCC1. The highest BCUT2D eigenvalue weighted by molar-refractivity contribution is 5.38. The molecule has 0 aliphatic carbocycles. The zero-order valence-electron chi connectivity index (χ0n) is 12.9. The van der Waals surface area contributed by atoms with Crippen molar-refractivity contribution >= 4 is 0 Å². The molecule has 0 aromatic heterocycles. The van der Waals surface area contributed by atoms with Gasteiger partial charge in [0.25, 0.3) is 0 Å². The fraction of sp³-hybridized carbons (Fsp3) is 0.647. The smallest absolute Gasteiger partial charge is 0.123 e. The Balaban J connectivity index is 2.13. The lowest BCUT2D eigenvalue weighted by Crippen LogP contribution is -2.29. The molecular formula is C17H28N2O. The van der Waals surface area contributed by atoms with Crippen LogP contribution in [-0.4, -0.2) is 31.6 Å². The zero-order chi connectivity index (χ0) is 14.4. The van der Waals surface area contributed by atoms with E-state index in [0.717, 1.165) is 25.3 Å². The monoisotopic (exact) mass is 276 g/mol. The summed E-state index contributed by atoms with van der Waals surface area (Å²) in [6.45, 7) is 6.43. The predicted molar refractivity (Wildman–Crippen MR) is 84.2 cm³/mol. The first-order valence-corrected chi connectivity index (χ1v) is 7.84. The van der Waals surface area contributed by atoms with Gasteiger partial charge >= 0.3 is 0 Å². The lowest BCUT2D eigenvalue weighted by molar-refractivity contribution is 0.218. The average Bonchev–Trinajstić information content (AvgIpc) is 2.48. The second-order valence-corrected chi connectivity index (χ2v) is 5.89. The number of ether oxygens (including phenoxy) is 1. The first-order valence-electron chi connectivity index (χ1n) is 7.84. The van der Waals surface area contributed by atoms with E-state index in [4.69, 9.17) is 10.5 Å². The summed E-state index contributed by atoms with van der Waals surface area (Å²) in [6.07, 6.45) is 5.06. The molecule has 2 rings (SSSR count). The highest BCUT2D eigenvalue weighted by Gasteiger charge is 2.14. The molecular weight excluding hydrogens is 248 g/mol. The minimum absolute atomic E-state index is 0.519. The Kier molecular flexibility index (Phi) is 5.86. The lowest BCUT2D eigenvalue weighted by atomic mass is 9.95. The minimum Gasteiger partial charge on any atom is -0.496 e. The van der Waals surface area contributed by atoms with Gasteiger partial charge in [-0.1, -0.05) is 25.5 Å². The van der Waals surface area contributed by atoms with E-state index in [2.05, 4.69) is 30.0 Å². The van der Waals surface area contributed by atoms with Crippen LogP contribution in [0.5, 0.6) is 5.75 Å². The lowest BCUT2D eigenvalue weighted by Gasteiger charge is -2.27. The number of hydrogen-bond donors (Lipinski definition) is 1. The van der Waals surface area contributed by atoms with Gasteiger partial charge in [0.1, 0.15) is 5.75 Å². The third-order valence-electron chi connectivity index (χ3n) is 4.32. The molecule has 1 saturated heterocycles. The van der Waals surface area contributed by atoms with Crippen LogP contribution in [0.1, 0.15) is 49.7 Å². The van der Waals surface area contributed by atoms with Crippen molar-refractivity contribution in [2.75, 3.05) is 26.7 Å². The Morgan fingerprint density at radius 2 is 2.00 bits per heavy atom. The molecule has 20 heavy (non-hydrogen) atoms. The zero-order valence-corrected chi connectivity index (χ0v) is 12.9. The highest BCUT2D eigenvalue weighted by atomic mass is 16.5. The van der Waals surface area contributed by atoms with Gasteiger partial charge in [-0.2, -0.15) is 0 Å². The number of likely N-dealkylation sites (tertiary alicyclic amines) is 1. The van der Waals surface area contributed by atoms with Crippen LogP contribution >= 0.6 is 0 Å². The van der Waals surface area contributed by atoms with E-state index in [1.807, 2.05) is 0 Å². The Labute approximate surface area is 123 Å². The molecule has 3 heteroatoms. The molecule has 1 atom stereocenters. The molecule has 0 bridgehead atoms. The van der Waals surface area contributed by atoms with Crippen molar-refractivity contribution in [1.82, 2.24) is 4.90 Å². The highest BCUT2D eigenvalue weighted by Crippen LogP contribution is 2.27. The van der Waals surface area contributed by atoms with Crippen LogP contribution in [-0.2, 0) is 6.54 Å². The van der Waals surface area contributed by atoms with Crippen molar-refractivity contribution in [3.8, 4) is 5.75 Å². The molecule has 1 unspecified atom stereocenters. The number of hydrogen-bond acceptors (Lipinski definition) is 3. The molecule has 112 valence electrons. The van der Waals surface area contributed by atoms with Crippen molar-refractivity contribution in [2.24, 2.45) is 5.73 Å². The van der Waals surface area contributed by atoms with Gasteiger partial charge in [-0.05, 0) is 56.4 Å². The van der Waals surface area contributed by atoms with Gasteiger partial charge in [-0.3, -0.25) is 4.90 Å². The Morgan fingerprint density at radius 1 is 1.25 bits per heavy atom. The molecule has 0 spiro atoms. The number of nitrogens with two attached hydrogens (primary N) is 1. The molecule has 1 fully saturated rings. The van der Waals surface area contributed by atoms with E-state index in [0.29, 0.717) is 5.92 Å². The van der Waals surface area contributed by atoms with Crippen LogP contribution in [0.25, 0.3) is 0 Å². The Morgan fingerprint density at radius 3 is 2.65 bits per heavy atom. The second kappa shape index (κ2) is 7.65. The first kappa shape index (κ1) is 15.3. The number of nitrogens with zero attached hydrogens (tertiary/aromatic N) is 1. The maximum Gasteiger partial charge on any atom is 0.123 e. The van der Waals surface area contributed by atoms with Gasteiger partial charge in [0.05, 0.1) is 7.11 Å². The summed E-state index contributed by atoms with van der Waals surface area (Å²) in [5, 5.41) is 0. The standard InChI is InChI=1S/C17H28N2O/c1-14(8-9-18)15-6-7-17(20-2)16(12-15)13-19-10-4-3-5-11-19/h6-7,12,14H,3-5,8-11,13,18H2,1-2H3. The van der Waals surface area contributed by atoms with E-state index in [1.54, 1.807) is 7.11 Å². The molecule has 1 aromatic rings. The summed E-state index contributed by atoms with van der Waals surface area (Å²) in [5.41, 5.74) is 8.37. The van der Waals surface area contributed by atoms with Crippen molar-refractivity contribution in [3.63, 3.8) is 0 Å². The maximum atomic E-state index is 5.68. The third-order valence-corrected chi connectivity index (χ3v) is 4.32. The van der Waals surface area contributed by atoms with E-state index in [-0.39, 0.29) is 0 Å². The molecule has 1 aliphatic rings. The molecule has 3 nitrogen and oxygen atoms in total. The van der Waals surface area contributed by atoms with Crippen LogP contribution in [0.2, 0.25) is 0 Å². The number of piperidine rings is 1. The largest absolute Gasteiger partial charge is 0.496 e. The normalized spacial score (nSPS) is 17.9. The van der Waals surface area contributed by atoms with Gasteiger partial charge in [-0.25, -0.2) is 0 Å². The van der Waals surface area contributed by atoms with E-state index >= 15 is 0 Å². The van der Waals surface area contributed by atoms with Crippen LogP contribution in [0.3, 0.4) is 0 Å². The summed E-state index contributed by atoms with van der Waals surface area (Å²) >= 11 is 0. The number of rotatable bonds is 6. The average molecular weight is 276 g/mol. The van der Waals surface area contributed by atoms with Gasteiger partial charge < -0.3 is 10.5 Å². The summed E-state index contributed by atoms with van der Waals surface area (Å²) in [5.74, 6) is 1.53. The quantitative estimate of drug-likeness (QED) is 0.867. The van der Waals surface area contributed by atoms with E-state index in [1.165, 1.54) is 43.5 Å². The maximum absolute atomic E-state index is 5.68. The predicted octanol–water partition coefficient (Wildman–Crippen LogP) is 3.13. The Bertz CT molecular complexity index is 413. The summed E-state index contributed by atoms with van der Waals surface area (Å²) < 4.78 is 5.53. The van der Waals surface area contributed by atoms with Crippen LogP contribution in [0, 0.1) is 0 Å². The van der Waals surface area contributed by atoms with E-state index in [9.17, 15) is 0 Å². The van der Waals surface area contributed by atoms with Crippen LogP contribution < -0.4 is 10.5 Å². The first-order chi connectivity index (χ1) is 9.74. The summed E-state index contributed by atoms with van der Waals surface area (Å²) in [7, 11) is 1.76. The molecule has 0 amide bonds. The van der Waals surface area contributed by atoms with Gasteiger partial charge in [0.2, 0.25) is 0 Å². The molecule has 1 aliphatic heterocycles. The molecule has 1 heterocycles. The fourth-order valence-electron chi connectivity index (χ4n) is 3.00. The second-order valence-electron chi connectivity index (χ2n) is 5.89. The van der Waals surface area contributed by atoms with Crippen molar-refractivity contribution in [1.29, 1.82) is 0 Å². The molecule has 0 radical (unpaired) electrons. The van der Waals surface area contributed by atoms with Crippen LogP contribution in [0.4, 0.5) is 0 Å². The van der Waals surface area contributed by atoms with Crippen molar-refractivity contribution in [2.45, 2.75) is 45.1 Å². The summed E-state index contributed by atoms with van der Waals surface area (Å²) in [4.78, 5) is 2.54. The van der Waals surface area contributed by atoms with Crippen molar-refractivity contribution < 1.29 is 4.74 Å². The minimum atomic E-state index is 0.519. The Hall–Kier alpha value is -1.06. The van der Waals surface area contributed by atoms with Crippen molar-refractivity contribution in [3.05, 3.63) is 29.3 Å². The topological polar surface area (TPSA) is 38.5 Å². The number of benzene rings is 1. The van der Waals surface area contributed by atoms with Gasteiger partial charge in [0, 0.05) is 12.1 Å². The third kappa shape index (κ3) is 3.97. The molecule has 0 saturated carbocycles. The van der Waals surface area contributed by atoms with Gasteiger partial charge in [0.15, 0.2) is 0 Å². The molecule has 1 aromatic carbocycles. The fourth-order valence-corrected chi connectivity index (χ4v) is 3.00.